The zero-order chi connectivity index (χ0) is 17.7. The highest BCUT2D eigenvalue weighted by Crippen LogP contribution is 2.27. The van der Waals surface area contributed by atoms with E-state index in [2.05, 4.69) is 0 Å². The van der Waals surface area contributed by atoms with Gasteiger partial charge in [-0.3, -0.25) is 0 Å². The highest BCUT2D eigenvalue weighted by atomic mass is 32.2. The van der Waals surface area contributed by atoms with Gasteiger partial charge in [0.25, 0.3) is 0 Å². The number of hydrogen-bond acceptors (Lipinski definition) is 5. The van der Waals surface area contributed by atoms with Crippen LogP contribution in [0.1, 0.15) is 28.4 Å². The summed E-state index contributed by atoms with van der Waals surface area (Å²) in [5.74, 6) is -0.598. The Morgan fingerprint density at radius 3 is 2.42 bits per heavy atom. The Morgan fingerprint density at radius 1 is 1.08 bits per heavy atom. The number of sulfone groups is 1. The van der Waals surface area contributed by atoms with Gasteiger partial charge in [0.2, 0.25) is 0 Å². The lowest BCUT2D eigenvalue weighted by Gasteiger charge is -2.14. The Hall–Kier alpha value is -2.34. The molecule has 2 aromatic carbocycles. The molecular formula is C18H20O5S. The van der Waals surface area contributed by atoms with Crippen LogP contribution in [-0.4, -0.2) is 28.1 Å². The largest absolute Gasteiger partial charge is 0.496 e. The molecular weight excluding hydrogens is 328 g/mol. The third-order valence-electron chi connectivity index (χ3n) is 3.59. The molecule has 0 spiro atoms. The van der Waals surface area contributed by atoms with Crippen LogP contribution in [-0.2, 0) is 20.3 Å². The molecule has 128 valence electrons. The van der Waals surface area contributed by atoms with E-state index in [1.54, 1.807) is 56.3 Å². The van der Waals surface area contributed by atoms with Crippen LogP contribution in [0.25, 0.3) is 0 Å². The second-order valence-corrected chi connectivity index (χ2v) is 7.20. The smallest absolute Gasteiger partial charge is 0.342 e. The minimum Gasteiger partial charge on any atom is -0.496 e. The molecule has 0 N–H and O–H groups in total. The number of carbonyl (C=O) groups excluding carboxylic acids is 1. The number of rotatable bonds is 6. The first kappa shape index (κ1) is 18.0. The lowest BCUT2D eigenvalue weighted by atomic mass is 10.1. The van der Waals surface area contributed by atoms with E-state index in [0.29, 0.717) is 16.9 Å². The first-order valence-electron chi connectivity index (χ1n) is 7.52. The summed E-state index contributed by atoms with van der Waals surface area (Å²) in [7, 11) is -2.18. The maximum Gasteiger partial charge on any atom is 0.342 e. The number of benzene rings is 2. The Bertz CT molecular complexity index is 840. The standard InChI is InChI=1S/C18H20O5S/c1-4-23-18(19)17-14(9-7-10-15(17)22-3)12-24(20,21)16-11-6-5-8-13(16)2/h5-11H,4,12H2,1-3H3. The summed E-state index contributed by atoms with van der Waals surface area (Å²) in [5.41, 5.74) is 1.17. The zero-order valence-corrected chi connectivity index (χ0v) is 14.7. The Kier molecular flexibility index (Phi) is 5.62. The van der Waals surface area contributed by atoms with E-state index in [0.717, 1.165) is 0 Å². The average Bonchev–Trinajstić information content (AvgIpc) is 2.54. The van der Waals surface area contributed by atoms with Gasteiger partial charge in [-0.15, -0.1) is 0 Å². The molecule has 0 fully saturated rings. The monoisotopic (exact) mass is 348 g/mol. The van der Waals surface area contributed by atoms with E-state index in [1.807, 2.05) is 0 Å². The molecule has 5 nitrogen and oxygen atoms in total. The first-order chi connectivity index (χ1) is 11.4. The minimum atomic E-state index is -3.60. The summed E-state index contributed by atoms with van der Waals surface area (Å²) in [5, 5.41) is 0. The minimum absolute atomic E-state index is 0.152. The van der Waals surface area contributed by atoms with E-state index >= 15 is 0 Å². The summed E-state index contributed by atoms with van der Waals surface area (Å²) in [6.45, 7) is 3.63. The van der Waals surface area contributed by atoms with Crippen LogP contribution in [0.15, 0.2) is 47.4 Å². The van der Waals surface area contributed by atoms with E-state index in [9.17, 15) is 13.2 Å². The van der Waals surface area contributed by atoms with Crippen molar-refractivity contribution in [3.05, 3.63) is 59.2 Å². The second kappa shape index (κ2) is 7.49. The number of esters is 1. The number of aryl methyl sites for hydroxylation is 1. The quantitative estimate of drug-likeness (QED) is 0.750. The molecule has 0 atom stereocenters. The lowest BCUT2D eigenvalue weighted by Crippen LogP contribution is -2.14. The van der Waals surface area contributed by atoms with Crippen molar-refractivity contribution >= 4 is 15.8 Å². The van der Waals surface area contributed by atoms with E-state index < -0.39 is 15.8 Å². The fourth-order valence-corrected chi connectivity index (χ4v) is 4.14. The Morgan fingerprint density at radius 2 is 1.79 bits per heavy atom. The second-order valence-electron chi connectivity index (χ2n) is 5.24. The molecule has 0 bridgehead atoms. The highest BCUT2D eigenvalue weighted by molar-refractivity contribution is 7.90. The normalized spacial score (nSPS) is 11.1. The topological polar surface area (TPSA) is 69.7 Å². The van der Waals surface area contributed by atoms with Gasteiger partial charge in [0.15, 0.2) is 9.84 Å². The van der Waals surface area contributed by atoms with Crippen LogP contribution in [0.2, 0.25) is 0 Å². The van der Waals surface area contributed by atoms with Gasteiger partial charge in [-0.25, -0.2) is 13.2 Å². The fraction of sp³-hybridized carbons (Fsp3) is 0.278. The molecule has 2 rings (SSSR count). The van der Waals surface area contributed by atoms with Crippen LogP contribution in [0.3, 0.4) is 0 Å². The highest BCUT2D eigenvalue weighted by Gasteiger charge is 2.24. The molecule has 0 saturated heterocycles. The van der Waals surface area contributed by atoms with E-state index in [4.69, 9.17) is 9.47 Å². The summed E-state index contributed by atoms with van der Waals surface area (Å²) in [6.07, 6.45) is 0. The summed E-state index contributed by atoms with van der Waals surface area (Å²) in [6, 6.07) is 11.6. The first-order valence-corrected chi connectivity index (χ1v) is 9.17. The molecule has 0 unspecified atom stereocenters. The van der Waals surface area contributed by atoms with Gasteiger partial charge in [0.1, 0.15) is 11.3 Å². The van der Waals surface area contributed by atoms with Crippen molar-refractivity contribution in [2.75, 3.05) is 13.7 Å². The van der Waals surface area contributed by atoms with Crippen LogP contribution in [0, 0.1) is 6.92 Å². The molecule has 0 saturated carbocycles. The molecule has 0 aliphatic rings. The molecule has 0 heterocycles. The van der Waals surface area contributed by atoms with Crippen molar-refractivity contribution in [1.29, 1.82) is 0 Å². The molecule has 0 radical (unpaired) electrons. The molecule has 0 aliphatic carbocycles. The van der Waals surface area contributed by atoms with Crippen molar-refractivity contribution in [1.82, 2.24) is 0 Å². The summed E-state index contributed by atoms with van der Waals surface area (Å²) in [4.78, 5) is 12.5. The maximum absolute atomic E-state index is 12.8. The van der Waals surface area contributed by atoms with Gasteiger partial charge in [0, 0.05) is 0 Å². The van der Waals surface area contributed by atoms with Crippen LogP contribution in [0.5, 0.6) is 5.75 Å². The molecule has 0 aromatic heterocycles. The third-order valence-corrected chi connectivity index (χ3v) is 5.41. The van der Waals surface area contributed by atoms with Gasteiger partial charge in [-0.2, -0.15) is 0 Å². The number of hydrogen-bond donors (Lipinski definition) is 0. The molecule has 24 heavy (non-hydrogen) atoms. The molecule has 6 heteroatoms. The van der Waals surface area contributed by atoms with Crippen molar-refractivity contribution in [3.8, 4) is 5.75 Å². The van der Waals surface area contributed by atoms with Crippen LogP contribution >= 0.6 is 0 Å². The van der Waals surface area contributed by atoms with Crippen molar-refractivity contribution in [2.45, 2.75) is 24.5 Å². The molecule has 0 aliphatic heterocycles. The summed E-state index contributed by atoms with van der Waals surface area (Å²) < 4.78 is 35.8. The average molecular weight is 348 g/mol. The third kappa shape index (κ3) is 3.76. The van der Waals surface area contributed by atoms with Gasteiger partial charge < -0.3 is 9.47 Å². The predicted molar refractivity (Wildman–Crippen MR) is 91.0 cm³/mol. The van der Waals surface area contributed by atoms with Gasteiger partial charge in [0.05, 0.1) is 24.4 Å². The number of carbonyl (C=O) groups is 1. The lowest BCUT2D eigenvalue weighted by molar-refractivity contribution is 0.0521. The van der Waals surface area contributed by atoms with Crippen LogP contribution in [0.4, 0.5) is 0 Å². The number of methoxy groups -OCH3 is 1. The van der Waals surface area contributed by atoms with Gasteiger partial charge >= 0.3 is 5.97 Å². The molecule has 0 amide bonds. The SMILES string of the molecule is CCOC(=O)c1c(CS(=O)(=O)c2ccccc2C)cccc1OC. The van der Waals surface area contributed by atoms with Crippen molar-refractivity contribution in [2.24, 2.45) is 0 Å². The molecule has 2 aromatic rings. The van der Waals surface area contributed by atoms with Crippen molar-refractivity contribution < 1.29 is 22.7 Å². The summed E-state index contributed by atoms with van der Waals surface area (Å²) >= 11 is 0. The van der Waals surface area contributed by atoms with Crippen molar-refractivity contribution in [3.63, 3.8) is 0 Å². The maximum atomic E-state index is 12.8. The predicted octanol–water partition coefficient (Wildman–Crippen LogP) is 3.15. The van der Waals surface area contributed by atoms with Gasteiger partial charge in [-0.05, 0) is 37.1 Å². The van der Waals surface area contributed by atoms with Crippen LogP contribution < -0.4 is 4.74 Å². The zero-order valence-electron chi connectivity index (χ0n) is 13.9. The fourth-order valence-electron chi connectivity index (χ4n) is 2.49. The van der Waals surface area contributed by atoms with E-state index in [1.165, 1.54) is 7.11 Å². The van der Waals surface area contributed by atoms with Gasteiger partial charge in [-0.1, -0.05) is 30.3 Å². The van der Waals surface area contributed by atoms with E-state index in [-0.39, 0.29) is 22.8 Å². The number of ether oxygens (including phenoxy) is 2. The Balaban J connectivity index is 2.50. The Labute approximate surface area is 142 Å².